The quantitative estimate of drug-likeness (QED) is 0.472. The average Bonchev–Trinajstić information content (AvgIpc) is 2.77. The molecular weight excluding hydrogens is 464 g/mol. The van der Waals surface area contributed by atoms with E-state index in [1.165, 1.54) is 37.4 Å². The molecule has 3 aromatic rings. The molecule has 1 amide bonds. The lowest BCUT2D eigenvalue weighted by atomic mass is 10.1. The van der Waals surface area contributed by atoms with Crippen LogP contribution < -0.4 is 10.0 Å². The van der Waals surface area contributed by atoms with Crippen LogP contribution in [0.3, 0.4) is 0 Å². The van der Waals surface area contributed by atoms with E-state index >= 15 is 0 Å². The van der Waals surface area contributed by atoms with Gasteiger partial charge in [0.1, 0.15) is 0 Å². The number of ether oxygens (including phenoxy) is 1. The van der Waals surface area contributed by atoms with Gasteiger partial charge in [-0.2, -0.15) is 0 Å². The van der Waals surface area contributed by atoms with Gasteiger partial charge >= 0.3 is 5.97 Å². The topological polar surface area (TPSA) is 102 Å². The standard InChI is InChI=1S/C24H23ClN2O5S/c1-14-5-6-15(2)20(11-14)27-33(30,31)22-13-17(8-7-16(22)3)23(28)26-21-12-18(24(29)32-4)9-10-19(21)25/h5-13,27H,1-4H3,(H,26,28). The lowest BCUT2D eigenvalue weighted by molar-refractivity contribution is 0.0600. The molecule has 172 valence electrons. The van der Waals surface area contributed by atoms with Crippen LogP contribution in [-0.2, 0) is 14.8 Å². The highest BCUT2D eigenvalue weighted by Gasteiger charge is 2.21. The number of esters is 1. The molecule has 7 nitrogen and oxygen atoms in total. The smallest absolute Gasteiger partial charge is 0.337 e. The van der Waals surface area contributed by atoms with E-state index in [-0.39, 0.29) is 26.7 Å². The summed E-state index contributed by atoms with van der Waals surface area (Å²) in [6, 6.07) is 14.2. The number of carbonyl (C=O) groups excluding carboxylic acids is 2. The summed E-state index contributed by atoms with van der Waals surface area (Å²) in [6.07, 6.45) is 0. The molecule has 0 aromatic heterocycles. The number of nitrogens with one attached hydrogen (secondary N) is 2. The first-order valence-electron chi connectivity index (χ1n) is 9.92. The Morgan fingerprint density at radius 2 is 1.52 bits per heavy atom. The van der Waals surface area contributed by atoms with Gasteiger partial charge in [0.15, 0.2) is 0 Å². The summed E-state index contributed by atoms with van der Waals surface area (Å²) < 4.78 is 33.5. The van der Waals surface area contributed by atoms with Crippen molar-refractivity contribution in [2.24, 2.45) is 0 Å². The highest BCUT2D eigenvalue weighted by molar-refractivity contribution is 7.92. The summed E-state index contributed by atoms with van der Waals surface area (Å²) in [5.41, 5.74) is 3.16. The van der Waals surface area contributed by atoms with Gasteiger partial charge in [0, 0.05) is 5.56 Å². The van der Waals surface area contributed by atoms with Crippen molar-refractivity contribution in [3.63, 3.8) is 0 Å². The Labute approximate surface area is 197 Å². The van der Waals surface area contributed by atoms with Crippen molar-refractivity contribution in [1.82, 2.24) is 0 Å². The van der Waals surface area contributed by atoms with Crippen LogP contribution in [0.4, 0.5) is 11.4 Å². The lowest BCUT2D eigenvalue weighted by Crippen LogP contribution is -2.18. The number of benzene rings is 3. The second kappa shape index (κ2) is 9.64. The molecule has 0 aliphatic rings. The van der Waals surface area contributed by atoms with Crippen LogP contribution in [-0.4, -0.2) is 27.4 Å². The molecule has 0 atom stereocenters. The molecule has 33 heavy (non-hydrogen) atoms. The van der Waals surface area contributed by atoms with Crippen LogP contribution >= 0.6 is 11.6 Å². The molecular formula is C24H23ClN2O5S. The molecule has 3 rings (SSSR count). The van der Waals surface area contributed by atoms with E-state index in [0.29, 0.717) is 11.3 Å². The van der Waals surface area contributed by atoms with Crippen molar-refractivity contribution in [2.45, 2.75) is 25.7 Å². The molecule has 0 bridgehead atoms. The van der Waals surface area contributed by atoms with Gasteiger partial charge in [0.2, 0.25) is 0 Å². The zero-order valence-electron chi connectivity index (χ0n) is 18.5. The third kappa shape index (κ3) is 5.53. The molecule has 0 fully saturated rings. The van der Waals surface area contributed by atoms with Gasteiger partial charge in [-0.15, -0.1) is 0 Å². The van der Waals surface area contributed by atoms with Crippen molar-refractivity contribution >= 4 is 44.9 Å². The largest absolute Gasteiger partial charge is 0.465 e. The summed E-state index contributed by atoms with van der Waals surface area (Å²) in [7, 11) is -2.71. The molecule has 3 aromatic carbocycles. The van der Waals surface area contributed by atoms with Gasteiger partial charge in [-0.25, -0.2) is 13.2 Å². The Morgan fingerprint density at radius 1 is 0.848 bits per heavy atom. The summed E-state index contributed by atoms with van der Waals surface area (Å²) in [5, 5.41) is 2.83. The highest BCUT2D eigenvalue weighted by Crippen LogP contribution is 2.26. The minimum atomic E-state index is -3.96. The number of methoxy groups -OCH3 is 1. The van der Waals surface area contributed by atoms with Crippen LogP contribution in [0, 0.1) is 20.8 Å². The number of hydrogen-bond acceptors (Lipinski definition) is 5. The summed E-state index contributed by atoms with van der Waals surface area (Å²) in [5.74, 6) is -1.16. The third-order valence-electron chi connectivity index (χ3n) is 5.01. The fourth-order valence-corrected chi connectivity index (χ4v) is 4.69. The summed E-state index contributed by atoms with van der Waals surface area (Å²) in [4.78, 5) is 24.6. The number of halogens is 1. The van der Waals surface area contributed by atoms with Crippen molar-refractivity contribution in [3.05, 3.63) is 87.4 Å². The Bertz CT molecular complexity index is 1350. The van der Waals surface area contributed by atoms with Crippen LogP contribution in [0.2, 0.25) is 5.02 Å². The van der Waals surface area contributed by atoms with Crippen molar-refractivity contribution in [3.8, 4) is 0 Å². The number of sulfonamides is 1. The first kappa shape index (κ1) is 24.3. The Morgan fingerprint density at radius 3 is 2.21 bits per heavy atom. The van der Waals surface area contributed by atoms with E-state index in [4.69, 9.17) is 11.6 Å². The predicted molar refractivity (Wildman–Crippen MR) is 129 cm³/mol. The van der Waals surface area contributed by atoms with E-state index in [2.05, 4.69) is 14.8 Å². The fourth-order valence-electron chi connectivity index (χ4n) is 3.14. The minimum Gasteiger partial charge on any atom is -0.465 e. The third-order valence-corrected chi connectivity index (χ3v) is 6.85. The predicted octanol–water partition coefficient (Wildman–Crippen LogP) is 5.10. The minimum absolute atomic E-state index is 0.0227. The Hall–Kier alpha value is -3.36. The summed E-state index contributed by atoms with van der Waals surface area (Å²) in [6.45, 7) is 5.32. The first-order valence-corrected chi connectivity index (χ1v) is 11.8. The van der Waals surface area contributed by atoms with Crippen LogP contribution in [0.15, 0.2) is 59.5 Å². The van der Waals surface area contributed by atoms with Crippen molar-refractivity contribution in [1.29, 1.82) is 0 Å². The normalized spacial score (nSPS) is 11.1. The average molecular weight is 487 g/mol. The van der Waals surface area contributed by atoms with Crippen LogP contribution in [0.5, 0.6) is 0 Å². The molecule has 2 N–H and O–H groups in total. The van der Waals surface area contributed by atoms with E-state index in [1.807, 2.05) is 19.1 Å². The van der Waals surface area contributed by atoms with Crippen LogP contribution in [0.1, 0.15) is 37.4 Å². The SMILES string of the molecule is COC(=O)c1ccc(Cl)c(NC(=O)c2ccc(C)c(S(=O)(=O)Nc3cc(C)ccc3C)c2)c1. The van der Waals surface area contributed by atoms with Crippen molar-refractivity contribution < 1.29 is 22.7 Å². The van der Waals surface area contributed by atoms with Gasteiger partial charge in [-0.05, 0) is 73.9 Å². The molecule has 0 radical (unpaired) electrons. The molecule has 0 heterocycles. The Balaban J connectivity index is 1.92. The van der Waals surface area contributed by atoms with Gasteiger partial charge < -0.3 is 10.1 Å². The zero-order chi connectivity index (χ0) is 24.3. The number of aryl methyl sites for hydroxylation is 3. The first-order chi connectivity index (χ1) is 15.5. The number of carbonyl (C=O) groups is 2. The molecule has 0 aliphatic carbocycles. The second-order valence-electron chi connectivity index (χ2n) is 7.54. The maximum Gasteiger partial charge on any atom is 0.337 e. The molecule has 0 aliphatic heterocycles. The highest BCUT2D eigenvalue weighted by atomic mass is 35.5. The van der Waals surface area contributed by atoms with Gasteiger partial charge in [0.05, 0.1) is 34.0 Å². The summed E-state index contributed by atoms with van der Waals surface area (Å²) >= 11 is 6.15. The number of amides is 1. The zero-order valence-corrected chi connectivity index (χ0v) is 20.1. The molecule has 0 saturated heterocycles. The number of hydrogen-bond donors (Lipinski definition) is 2. The van der Waals surface area contributed by atoms with E-state index in [1.54, 1.807) is 26.0 Å². The molecule has 0 unspecified atom stereocenters. The maximum absolute atomic E-state index is 13.1. The van der Waals surface area contributed by atoms with E-state index in [9.17, 15) is 18.0 Å². The Kier molecular flexibility index (Phi) is 7.09. The monoisotopic (exact) mass is 486 g/mol. The maximum atomic E-state index is 13.1. The fraction of sp³-hybridized carbons (Fsp3) is 0.167. The van der Waals surface area contributed by atoms with Crippen molar-refractivity contribution in [2.75, 3.05) is 17.1 Å². The second-order valence-corrected chi connectivity index (χ2v) is 9.60. The van der Waals surface area contributed by atoms with E-state index < -0.39 is 21.9 Å². The van der Waals surface area contributed by atoms with Crippen LogP contribution in [0.25, 0.3) is 0 Å². The molecule has 9 heteroatoms. The van der Waals surface area contributed by atoms with Gasteiger partial charge in [0.25, 0.3) is 15.9 Å². The number of anilines is 2. The molecule has 0 saturated carbocycles. The number of rotatable bonds is 6. The lowest BCUT2D eigenvalue weighted by Gasteiger charge is -2.14. The molecule has 0 spiro atoms. The van der Waals surface area contributed by atoms with Gasteiger partial charge in [-0.1, -0.05) is 29.8 Å². The van der Waals surface area contributed by atoms with Gasteiger partial charge in [-0.3, -0.25) is 9.52 Å². The van der Waals surface area contributed by atoms with E-state index in [0.717, 1.165) is 11.1 Å².